The second-order valence-electron chi connectivity index (χ2n) is 6.44. The molecule has 2 aromatic rings. The monoisotopic (exact) mass is 351 g/mol. The molecule has 0 amide bonds. The second kappa shape index (κ2) is 7.60. The highest BCUT2D eigenvalue weighted by atomic mass is 16.5. The first-order chi connectivity index (χ1) is 12.6. The summed E-state index contributed by atoms with van der Waals surface area (Å²) in [6.07, 6.45) is 2.65. The quantitative estimate of drug-likeness (QED) is 0.827. The topological polar surface area (TPSA) is 69.2 Å². The summed E-state index contributed by atoms with van der Waals surface area (Å²) in [5, 5.41) is 0. The molecule has 2 N–H and O–H groups in total. The van der Waals surface area contributed by atoms with Crippen molar-refractivity contribution in [2.75, 3.05) is 14.2 Å². The van der Waals surface area contributed by atoms with Gasteiger partial charge in [0, 0.05) is 5.56 Å². The van der Waals surface area contributed by atoms with E-state index in [1.54, 1.807) is 14.2 Å². The van der Waals surface area contributed by atoms with Crippen LogP contribution in [0.25, 0.3) is 0 Å². The van der Waals surface area contributed by atoms with Crippen LogP contribution in [0, 0.1) is 0 Å². The number of benzene rings is 2. The van der Waals surface area contributed by atoms with Gasteiger partial charge in [0.1, 0.15) is 17.3 Å². The minimum Gasteiger partial charge on any atom is -0.497 e. The number of rotatable bonds is 7. The molecule has 0 bridgehead atoms. The highest BCUT2D eigenvalue weighted by molar-refractivity contribution is 6.41. The van der Waals surface area contributed by atoms with Crippen LogP contribution in [0.4, 0.5) is 0 Å². The number of aliphatic imine (C=N–C) groups is 2. The Morgan fingerprint density at radius 1 is 0.962 bits per heavy atom. The van der Waals surface area contributed by atoms with Crippen LogP contribution in [0.5, 0.6) is 11.5 Å². The standard InChI is InChI=1S/C21H25N3O2/c1-15-20(22)24-21(23-15,17-9-11-18(25-2)12-10-17)13-5-7-16-6-4-8-19(14-16)26-3/h4,6,8-12,14H,5,7,13H2,1-3H3,(H2,22,24). The van der Waals surface area contributed by atoms with Crippen LogP contribution in [0.3, 0.4) is 0 Å². The van der Waals surface area contributed by atoms with E-state index in [2.05, 4.69) is 12.1 Å². The summed E-state index contributed by atoms with van der Waals surface area (Å²) in [5.74, 6) is 2.21. The molecular weight excluding hydrogens is 326 g/mol. The molecule has 3 rings (SSSR count). The van der Waals surface area contributed by atoms with E-state index < -0.39 is 5.66 Å². The predicted molar refractivity (Wildman–Crippen MR) is 105 cm³/mol. The summed E-state index contributed by atoms with van der Waals surface area (Å²) >= 11 is 0. The lowest BCUT2D eigenvalue weighted by Crippen LogP contribution is -2.21. The summed E-state index contributed by atoms with van der Waals surface area (Å²) in [6, 6.07) is 16.1. The van der Waals surface area contributed by atoms with Gasteiger partial charge in [-0.25, -0.2) is 4.99 Å². The molecule has 1 aliphatic heterocycles. The van der Waals surface area contributed by atoms with E-state index in [0.29, 0.717) is 5.84 Å². The number of nitrogens with two attached hydrogens (primary N) is 1. The molecule has 1 unspecified atom stereocenters. The van der Waals surface area contributed by atoms with Gasteiger partial charge in [-0.05, 0) is 56.0 Å². The molecule has 1 atom stereocenters. The molecule has 0 aromatic heterocycles. The van der Waals surface area contributed by atoms with Crippen molar-refractivity contribution in [3.63, 3.8) is 0 Å². The highest BCUT2D eigenvalue weighted by Crippen LogP contribution is 2.37. The van der Waals surface area contributed by atoms with E-state index in [4.69, 9.17) is 25.2 Å². The number of hydrogen-bond donors (Lipinski definition) is 1. The van der Waals surface area contributed by atoms with Crippen molar-refractivity contribution in [3.8, 4) is 11.5 Å². The van der Waals surface area contributed by atoms with Crippen LogP contribution in [0.1, 0.15) is 30.9 Å². The van der Waals surface area contributed by atoms with Crippen molar-refractivity contribution < 1.29 is 9.47 Å². The summed E-state index contributed by atoms with van der Waals surface area (Å²) in [6.45, 7) is 1.91. The van der Waals surface area contributed by atoms with E-state index >= 15 is 0 Å². The molecule has 0 spiro atoms. The molecule has 26 heavy (non-hydrogen) atoms. The molecule has 5 nitrogen and oxygen atoms in total. The van der Waals surface area contributed by atoms with Gasteiger partial charge >= 0.3 is 0 Å². The molecule has 0 aliphatic carbocycles. The van der Waals surface area contributed by atoms with Crippen molar-refractivity contribution in [2.24, 2.45) is 15.7 Å². The average Bonchev–Trinajstić information content (AvgIpc) is 2.97. The van der Waals surface area contributed by atoms with Crippen molar-refractivity contribution in [3.05, 3.63) is 59.7 Å². The fourth-order valence-electron chi connectivity index (χ4n) is 3.25. The Bertz CT molecular complexity index is 807. The molecule has 0 radical (unpaired) electrons. The Hall–Kier alpha value is -2.82. The first kappa shape index (κ1) is 18.0. The third-order valence-corrected chi connectivity index (χ3v) is 4.71. The zero-order valence-electron chi connectivity index (χ0n) is 15.5. The molecule has 0 saturated heterocycles. The predicted octanol–water partition coefficient (Wildman–Crippen LogP) is 3.71. The molecule has 0 fully saturated rings. The van der Waals surface area contributed by atoms with Crippen LogP contribution in [-0.4, -0.2) is 25.8 Å². The molecule has 5 heteroatoms. The van der Waals surface area contributed by atoms with Gasteiger partial charge in [0.25, 0.3) is 0 Å². The van der Waals surface area contributed by atoms with Crippen molar-refractivity contribution in [1.29, 1.82) is 0 Å². The van der Waals surface area contributed by atoms with Gasteiger partial charge in [-0.3, -0.25) is 4.99 Å². The zero-order valence-corrected chi connectivity index (χ0v) is 15.5. The number of nitrogens with zero attached hydrogens (tertiary/aromatic N) is 2. The number of ether oxygens (including phenoxy) is 2. The summed E-state index contributed by atoms with van der Waals surface area (Å²) < 4.78 is 10.6. The SMILES string of the molecule is COc1ccc(C2(CCCc3cccc(OC)c3)N=C(C)C(N)=N2)cc1. The number of methoxy groups -OCH3 is 2. The maximum absolute atomic E-state index is 6.05. The molecule has 2 aromatic carbocycles. The second-order valence-corrected chi connectivity index (χ2v) is 6.44. The normalized spacial score (nSPS) is 19.0. The van der Waals surface area contributed by atoms with E-state index in [1.165, 1.54) is 5.56 Å². The van der Waals surface area contributed by atoms with Gasteiger partial charge in [-0.1, -0.05) is 24.3 Å². The zero-order chi connectivity index (χ0) is 18.6. The van der Waals surface area contributed by atoms with Crippen molar-refractivity contribution in [1.82, 2.24) is 0 Å². The molecule has 1 aliphatic rings. The van der Waals surface area contributed by atoms with Crippen LogP contribution >= 0.6 is 0 Å². The minimum atomic E-state index is -0.640. The molecular formula is C21H25N3O2. The smallest absolute Gasteiger partial charge is 0.178 e. The van der Waals surface area contributed by atoms with Gasteiger partial charge < -0.3 is 15.2 Å². The number of hydrogen-bond acceptors (Lipinski definition) is 5. The Balaban J connectivity index is 1.79. The Morgan fingerprint density at radius 2 is 1.69 bits per heavy atom. The van der Waals surface area contributed by atoms with Gasteiger partial charge in [-0.15, -0.1) is 0 Å². The van der Waals surface area contributed by atoms with E-state index in [0.717, 1.165) is 42.0 Å². The fraction of sp³-hybridized carbons (Fsp3) is 0.333. The van der Waals surface area contributed by atoms with Crippen molar-refractivity contribution in [2.45, 2.75) is 31.8 Å². The lowest BCUT2D eigenvalue weighted by atomic mass is 9.93. The lowest BCUT2D eigenvalue weighted by molar-refractivity contribution is 0.408. The summed E-state index contributed by atoms with van der Waals surface area (Å²) in [7, 11) is 3.35. The summed E-state index contributed by atoms with van der Waals surface area (Å²) in [5.41, 5.74) is 8.47. The third-order valence-electron chi connectivity index (χ3n) is 4.71. The van der Waals surface area contributed by atoms with Crippen LogP contribution < -0.4 is 15.2 Å². The Morgan fingerprint density at radius 3 is 2.31 bits per heavy atom. The Kier molecular flexibility index (Phi) is 5.26. The first-order valence-electron chi connectivity index (χ1n) is 8.76. The minimum absolute atomic E-state index is 0.516. The average molecular weight is 351 g/mol. The lowest BCUT2D eigenvalue weighted by Gasteiger charge is -2.24. The van der Waals surface area contributed by atoms with Gasteiger partial charge in [-0.2, -0.15) is 0 Å². The molecule has 136 valence electrons. The van der Waals surface area contributed by atoms with Gasteiger partial charge in [0.2, 0.25) is 0 Å². The third kappa shape index (κ3) is 3.72. The first-order valence-corrected chi connectivity index (χ1v) is 8.76. The van der Waals surface area contributed by atoms with E-state index in [9.17, 15) is 0 Å². The maximum Gasteiger partial charge on any atom is 0.178 e. The van der Waals surface area contributed by atoms with Gasteiger partial charge in [0.15, 0.2) is 5.66 Å². The number of aryl methyl sites for hydroxylation is 1. The maximum atomic E-state index is 6.05. The Labute approximate surface area is 154 Å². The number of amidine groups is 1. The van der Waals surface area contributed by atoms with Crippen LogP contribution in [0.15, 0.2) is 58.5 Å². The molecule has 0 saturated carbocycles. The van der Waals surface area contributed by atoms with Crippen LogP contribution in [-0.2, 0) is 12.1 Å². The van der Waals surface area contributed by atoms with E-state index in [1.807, 2.05) is 43.3 Å². The highest BCUT2D eigenvalue weighted by Gasteiger charge is 2.35. The molecule has 1 heterocycles. The van der Waals surface area contributed by atoms with Gasteiger partial charge in [0.05, 0.1) is 19.9 Å². The van der Waals surface area contributed by atoms with E-state index in [-0.39, 0.29) is 0 Å². The fourth-order valence-corrected chi connectivity index (χ4v) is 3.25. The summed E-state index contributed by atoms with van der Waals surface area (Å²) in [4.78, 5) is 9.53. The van der Waals surface area contributed by atoms with Crippen LogP contribution in [0.2, 0.25) is 0 Å². The largest absolute Gasteiger partial charge is 0.497 e. The van der Waals surface area contributed by atoms with Crippen molar-refractivity contribution >= 4 is 11.5 Å².